The van der Waals surface area contributed by atoms with E-state index in [-0.39, 0.29) is 11.5 Å². The average molecular weight is 203 g/mol. The molecule has 3 N–H and O–H groups in total. The quantitative estimate of drug-likeness (QED) is 0.588. The van der Waals surface area contributed by atoms with Crippen LogP contribution in [0.15, 0.2) is 0 Å². The van der Waals surface area contributed by atoms with Crippen molar-refractivity contribution in [2.75, 3.05) is 19.8 Å². The van der Waals surface area contributed by atoms with Crippen molar-refractivity contribution in [1.29, 1.82) is 0 Å². The van der Waals surface area contributed by atoms with Crippen molar-refractivity contribution in [3.63, 3.8) is 0 Å². The van der Waals surface area contributed by atoms with Gasteiger partial charge in [-0.2, -0.15) is 0 Å². The molecule has 0 aliphatic carbocycles. The smallest absolute Gasteiger partial charge is 0.0578 e. The second kappa shape index (κ2) is 7.21. The van der Waals surface area contributed by atoms with Gasteiger partial charge < -0.3 is 15.6 Å². The Morgan fingerprint density at radius 2 is 2.07 bits per heavy atom. The summed E-state index contributed by atoms with van der Waals surface area (Å²) in [4.78, 5) is 0. The molecule has 0 aromatic rings. The molecule has 86 valence electrons. The van der Waals surface area contributed by atoms with E-state index in [0.717, 1.165) is 25.9 Å². The van der Waals surface area contributed by atoms with Gasteiger partial charge in [-0.05, 0) is 19.8 Å². The molecule has 0 aliphatic rings. The lowest BCUT2D eigenvalue weighted by Crippen LogP contribution is -2.38. The Hall–Kier alpha value is -0.120. The Morgan fingerprint density at radius 3 is 2.50 bits per heavy atom. The SMILES string of the molecule is CCCCOCCC(C)(CN)C(C)O. The molecule has 3 heteroatoms. The van der Waals surface area contributed by atoms with Gasteiger partial charge in [-0.15, -0.1) is 0 Å². The summed E-state index contributed by atoms with van der Waals surface area (Å²) in [5.74, 6) is 0. The van der Waals surface area contributed by atoms with E-state index >= 15 is 0 Å². The summed E-state index contributed by atoms with van der Waals surface area (Å²) in [5, 5.41) is 9.54. The zero-order chi connectivity index (χ0) is 11.0. The van der Waals surface area contributed by atoms with E-state index in [0.29, 0.717) is 13.2 Å². The molecule has 0 saturated carbocycles. The van der Waals surface area contributed by atoms with Crippen LogP contribution in [0.5, 0.6) is 0 Å². The summed E-state index contributed by atoms with van der Waals surface area (Å²) >= 11 is 0. The van der Waals surface area contributed by atoms with Gasteiger partial charge in [-0.1, -0.05) is 20.3 Å². The summed E-state index contributed by atoms with van der Waals surface area (Å²) in [7, 11) is 0. The van der Waals surface area contributed by atoms with Gasteiger partial charge in [-0.3, -0.25) is 0 Å². The zero-order valence-corrected chi connectivity index (χ0v) is 9.75. The molecule has 0 saturated heterocycles. The summed E-state index contributed by atoms with van der Waals surface area (Å²) < 4.78 is 5.46. The molecular weight excluding hydrogens is 178 g/mol. The highest BCUT2D eigenvalue weighted by atomic mass is 16.5. The van der Waals surface area contributed by atoms with Crippen molar-refractivity contribution in [1.82, 2.24) is 0 Å². The number of ether oxygens (including phenoxy) is 1. The third-order valence-electron chi connectivity index (χ3n) is 2.93. The molecule has 0 radical (unpaired) electrons. The highest BCUT2D eigenvalue weighted by Crippen LogP contribution is 2.24. The van der Waals surface area contributed by atoms with E-state index in [4.69, 9.17) is 10.5 Å². The van der Waals surface area contributed by atoms with Gasteiger partial charge in [0.15, 0.2) is 0 Å². The molecule has 0 aromatic heterocycles. The molecular formula is C11H25NO2. The lowest BCUT2D eigenvalue weighted by molar-refractivity contribution is 0.0213. The fourth-order valence-corrected chi connectivity index (χ4v) is 1.14. The van der Waals surface area contributed by atoms with Gasteiger partial charge in [0.1, 0.15) is 0 Å². The highest BCUT2D eigenvalue weighted by Gasteiger charge is 2.27. The van der Waals surface area contributed by atoms with Crippen LogP contribution in [-0.4, -0.2) is 31.0 Å². The predicted octanol–water partition coefficient (Wildman–Crippen LogP) is 1.54. The van der Waals surface area contributed by atoms with Gasteiger partial charge in [-0.25, -0.2) is 0 Å². The van der Waals surface area contributed by atoms with Gasteiger partial charge in [0.25, 0.3) is 0 Å². The van der Waals surface area contributed by atoms with Crippen LogP contribution in [0, 0.1) is 5.41 Å². The van der Waals surface area contributed by atoms with Gasteiger partial charge >= 0.3 is 0 Å². The van der Waals surface area contributed by atoms with E-state index in [1.807, 2.05) is 6.92 Å². The topological polar surface area (TPSA) is 55.5 Å². The molecule has 0 spiro atoms. The second-order valence-corrected chi connectivity index (χ2v) is 4.25. The molecule has 14 heavy (non-hydrogen) atoms. The van der Waals surface area contributed by atoms with Crippen molar-refractivity contribution in [2.45, 2.75) is 46.1 Å². The number of nitrogens with two attached hydrogens (primary N) is 1. The first-order valence-electron chi connectivity index (χ1n) is 5.52. The molecule has 0 fully saturated rings. The number of aliphatic hydroxyl groups excluding tert-OH is 1. The van der Waals surface area contributed by atoms with Crippen LogP contribution in [-0.2, 0) is 4.74 Å². The van der Waals surface area contributed by atoms with Crippen LogP contribution in [0.4, 0.5) is 0 Å². The maximum Gasteiger partial charge on any atom is 0.0578 e. The van der Waals surface area contributed by atoms with Crippen LogP contribution in [0.1, 0.15) is 40.0 Å². The van der Waals surface area contributed by atoms with E-state index < -0.39 is 0 Å². The van der Waals surface area contributed by atoms with E-state index in [1.165, 1.54) is 0 Å². The number of rotatable bonds is 8. The minimum atomic E-state index is -0.373. The summed E-state index contributed by atoms with van der Waals surface area (Å²) in [6.45, 7) is 7.94. The highest BCUT2D eigenvalue weighted by molar-refractivity contribution is 4.80. The van der Waals surface area contributed by atoms with Crippen LogP contribution in [0.25, 0.3) is 0 Å². The molecule has 2 unspecified atom stereocenters. The lowest BCUT2D eigenvalue weighted by Gasteiger charge is -2.30. The second-order valence-electron chi connectivity index (χ2n) is 4.25. The Kier molecular flexibility index (Phi) is 7.15. The van der Waals surface area contributed by atoms with Crippen molar-refractivity contribution in [3.05, 3.63) is 0 Å². The van der Waals surface area contributed by atoms with Crippen molar-refractivity contribution >= 4 is 0 Å². The number of unbranched alkanes of at least 4 members (excludes halogenated alkanes) is 1. The van der Waals surface area contributed by atoms with Crippen LogP contribution < -0.4 is 5.73 Å². The van der Waals surface area contributed by atoms with Gasteiger partial charge in [0.05, 0.1) is 6.10 Å². The van der Waals surface area contributed by atoms with Crippen molar-refractivity contribution in [2.24, 2.45) is 11.1 Å². The van der Waals surface area contributed by atoms with E-state index in [2.05, 4.69) is 6.92 Å². The number of hydrogen-bond donors (Lipinski definition) is 2. The first-order chi connectivity index (χ1) is 6.56. The summed E-state index contributed by atoms with van der Waals surface area (Å²) in [6, 6.07) is 0. The molecule has 2 atom stereocenters. The predicted molar refractivity (Wildman–Crippen MR) is 59.2 cm³/mol. The minimum Gasteiger partial charge on any atom is -0.393 e. The molecule has 0 aromatic carbocycles. The lowest BCUT2D eigenvalue weighted by atomic mass is 9.82. The Morgan fingerprint density at radius 1 is 1.43 bits per heavy atom. The van der Waals surface area contributed by atoms with Crippen molar-refractivity contribution in [3.8, 4) is 0 Å². The molecule has 0 aliphatic heterocycles. The largest absolute Gasteiger partial charge is 0.393 e. The summed E-state index contributed by atoms with van der Waals surface area (Å²) in [6.07, 6.45) is 2.71. The first-order valence-corrected chi connectivity index (χ1v) is 5.52. The van der Waals surface area contributed by atoms with Gasteiger partial charge in [0.2, 0.25) is 0 Å². The van der Waals surface area contributed by atoms with E-state index in [1.54, 1.807) is 6.92 Å². The molecule has 0 heterocycles. The molecule has 0 bridgehead atoms. The first kappa shape index (κ1) is 13.9. The minimum absolute atomic E-state index is 0.202. The third kappa shape index (κ3) is 4.94. The third-order valence-corrected chi connectivity index (χ3v) is 2.93. The summed E-state index contributed by atoms with van der Waals surface area (Å²) in [5.41, 5.74) is 5.43. The maximum absolute atomic E-state index is 9.54. The van der Waals surface area contributed by atoms with Gasteiger partial charge in [0, 0.05) is 25.2 Å². The standard InChI is InChI=1S/C11H25NO2/c1-4-5-7-14-8-6-11(3,9-12)10(2)13/h10,13H,4-9,12H2,1-3H3. The number of hydrogen-bond acceptors (Lipinski definition) is 3. The molecule has 0 rings (SSSR count). The number of aliphatic hydroxyl groups is 1. The zero-order valence-electron chi connectivity index (χ0n) is 9.75. The fourth-order valence-electron chi connectivity index (χ4n) is 1.14. The van der Waals surface area contributed by atoms with E-state index in [9.17, 15) is 5.11 Å². The Labute approximate surface area is 87.6 Å². The average Bonchev–Trinajstić information content (AvgIpc) is 2.17. The Bertz CT molecular complexity index is 139. The molecule has 3 nitrogen and oxygen atoms in total. The van der Waals surface area contributed by atoms with Crippen LogP contribution in [0.3, 0.4) is 0 Å². The maximum atomic E-state index is 9.54. The Balaban J connectivity index is 3.63. The van der Waals surface area contributed by atoms with Crippen LogP contribution >= 0.6 is 0 Å². The van der Waals surface area contributed by atoms with Crippen molar-refractivity contribution < 1.29 is 9.84 Å². The fraction of sp³-hybridized carbons (Fsp3) is 1.00. The normalized spacial score (nSPS) is 17.8. The van der Waals surface area contributed by atoms with Crippen LogP contribution in [0.2, 0.25) is 0 Å². The monoisotopic (exact) mass is 203 g/mol. The molecule has 0 amide bonds.